The van der Waals surface area contributed by atoms with Gasteiger partial charge in [0.05, 0.1) is 11.6 Å². The predicted octanol–water partition coefficient (Wildman–Crippen LogP) is 2.10. The number of rotatable bonds is 7. The number of carbonyl (C=O) groups excluding carboxylic acids is 2. The minimum atomic E-state index is -0.790. The highest BCUT2D eigenvalue weighted by Gasteiger charge is 2.37. The van der Waals surface area contributed by atoms with Crippen molar-refractivity contribution in [1.29, 1.82) is 0 Å². The van der Waals surface area contributed by atoms with Crippen LogP contribution < -0.4 is 11.1 Å². The van der Waals surface area contributed by atoms with E-state index >= 15 is 0 Å². The highest BCUT2D eigenvalue weighted by atomic mass is 16.2. The normalized spacial score (nSPS) is 23.4. The summed E-state index contributed by atoms with van der Waals surface area (Å²) in [4.78, 5) is 34.7. The van der Waals surface area contributed by atoms with E-state index in [1.54, 1.807) is 0 Å². The van der Waals surface area contributed by atoms with Crippen molar-refractivity contribution < 1.29 is 9.59 Å². The highest BCUT2D eigenvalue weighted by Crippen LogP contribution is 2.30. The SMILES string of the molecule is NC(=O)[C@@H](NC(=O)[C@@H]1CCCC[C@H]1N1CCN(Cc2ccccn2)CC1)c1ccccc1. The summed E-state index contributed by atoms with van der Waals surface area (Å²) in [6.45, 7) is 4.68. The predicted molar refractivity (Wildman–Crippen MR) is 123 cm³/mol. The third kappa shape index (κ3) is 5.53. The number of hydrogen-bond donors (Lipinski definition) is 2. The number of nitrogens with one attached hydrogen (secondary N) is 1. The van der Waals surface area contributed by atoms with E-state index in [9.17, 15) is 9.59 Å². The van der Waals surface area contributed by atoms with Gasteiger partial charge in [-0.15, -0.1) is 0 Å². The molecule has 3 atom stereocenters. The molecule has 2 fully saturated rings. The Morgan fingerprint density at radius 1 is 1.00 bits per heavy atom. The van der Waals surface area contributed by atoms with Crippen LogP contribution in [0.25, 0.3) is 0 Å². The first-order valence-corrected chi connectivity index (χ1v) is 11.6. The van der Waals surface area contributed by atoms with Gasteiger partial charge in [-0.2, -0.15) is 0 Å². The van der Waals surface area contributed by atoms with Gasteiger partial charge in [0.15, 0.2) is 0 Å². The van der Waals surface area contributed by atoms with Crippen molar-refractivity contribution in [2.45, 2.75) is 44.3 Å². The second kappa shape index (κ2) is 10.7. The van der Waals surface area contributed by atoms with Crippen LogP contribution in [-0.2, 0) is 16.1 Å². The Bertz CT molecular complexity index is 884. The van der Waals surface area contributed by atoms with Gasteiger partial charge >= 0.3 is 0 Å². The summed E-state index contributed by atoms with van der Waals surface area (Å²) < 4.78 is 0. The maximum absolute atomic E-state index is 13.3. The molecule has 1 saturated heterocycles. The van der Waals surface area contributed by atoms with Crippen molar-refractivity contribution in [3.8, 4) is 0 Å². The zero-order valence-corrected chi connectivity index (χ0v) is 18.5. The summed E-state index contributed by atoms with van der Waals surface area (Å²) in [6.07, 6.45) is 5.89. The lowest BCUT2D eigenvalue weighted by molar-refractivity contribution is -0.133. The van der Waals surface area contributed by atoms with E-state index in [0.29, 0.717) is 0 Å². The fraction of sp³-hybridized carbons (Fsp3) is 0.480. The van der Waals surface area contributed by atoms with Gasteiger partial charge < -0.3 is 11.1 Å². The minimum absolute atomic E-state index is 0.0572. The van der Waals surface area contributed by atoms with Gasteiger partial charge in [-0.25, -0.2) is 0 Å². The average molecular weight is 436 g/mol. The van der Waals surface area contributed by atoms with Crippen LogP contribution in [0.1, 0.15) is 43.0 Å². The molecule has 2 heterocycles. The van der Waals surface area contributed by atoms with Crippen molar-refractivity contribution in [1.82, 2.24) is 20.1 Å². The third-order valence-electron chi connectivity index (χ3n) is 6.76. The fourth-order valence-corrected chi connectivity index (χ4v) is 5.04. The Labute approximate surface area is 190 Å². The van der Waals surface area contributed by atoms with Crippen LogP contribution in [0.15, 0.2) is 54.7 Å². The maximum Gasteiger partial charge on any atom is 0.244 e. The molecule has 0 spiro atoms. The summed E-state index contributed by atoms with van der Waals surface area (Å²) in [7, 11) is 0. The number of pyridine rings is 1. The molecule has 32 heavy (non-hydrogen) atoms. The standard InChI is InChI=1S/C25H33N5O2/c26-24(31)23(19-8-2-1-3-9-19)28-25(32)21-11-4-5-12-22(21)30-16-14-29(15-17-30)18-20-10-6-7-13-27-20/h1-3,6-10,13,21-23H,4-5,11-12,14-18H2,(H2,26,31)(H,28,32)/t21-,22-,23+/m1/s1. The molecule has 170 valence electrons. The molecule has 4 rings (SSSR count). The van der Waals surface area contributed by atoms with Crippen LogP contribution in [-0.4, -0.2) is 58.8 Å². The van der Waals surface area contributed by atoms with Gasteiger partial charge in [0, 0.05) is 45.0 Å². The molecule has 2 amide bonds. The Kier molecular flexibility index (Phi) is 7.50. The molecule has 0 bridgehead atoms. The van der Waals surface area contributed by atoms with Gasteiger partial charge in [0.2, 0.25) is 11.8 Å². The van der Waals surface area contributed by atoms with E-state index in [4.69, 9.17) is 5.73 Å². The van der Waals surface area contributed by atoms with Gasteiger partial charge in [0.1, 0.15) is 6.04 Å². The topological polar surface area (TPSA) is 91.6 Å². The Morgan fingerprint density at radius 2 is 1.72 bits per heavy atom. The third-order valence-corrected chi connectivity index (χ3v) is 6.76. The molecule has 1 aliphatic carbocycles. The van der Waals surface area contributed by atoms with E-state index in [1.165, 1.54) is 0 Å². The molecular weight excluding hydrogens is 402 g/mol. The minimum Gasteiger partial charge on any atom is -0.368 e. The fourth-order valence-electron chi connectivity index (χ4n) is 5.04. The van der Waals surface area contributed by atoms with E-state index in [-0.39, 0.29) is 17.9 Å². The van der Waals surface area contributed by atoms with Crippen LogP contribution in [0.3, 0.4) is 0 Å². The van der Waals surface area contributed by atoms with Gasteiger partial charge in [-0.3, -0.25) is 24.4 Å². The van der Waals surface area contributed by atoms with Crippen LogP contribution in [0.2, 0.25) is 0 Å². The lowest BCUT2D eigenvalue weighted by atomic mass is 9.82. The quantitative estimate of drug-likeness (QED) is 0.695. The number of aromatic nitrogens is 1. The van der Waals surface area contributed by atoms with Crippen molar-refractivity contribution >= 4 is 11.8 Å². The van der Waals surface area contributed by atoms with Crippen LogP contribution >= 0.6 is 0 Å². The summed E-state index contributed by atoms with van der Waals surface area (Å²) in [5, 5.41) is 2.95. The largest absolute Gasteiger partial charge is 0.368 e. The Morgan fingerprint density at radius 3 is 2.41 bits per heavy atom. The van der Waals surface area contributed by atoms with Crippen molar-refractivity contribution in [3.05, 3.63) is 66.0 Å². The molecule has 0 unspecified atom stereocenters. The maximum atomic E-state index is 13.3. The molecule has 3 N–H and O–H groups in total. The first-order chi connectivity index (χ1) is 15.6. The molecule has 7 nitrogen and oxygen atoms in total. The number of nitrogens with two attached hydrogens (primary N) is 1. The number of nitrogens with zero attached hydrogens (tertiary/aromatic N) is 3. The molecule has 1 aromatic carbocycles. The molecule has 7 heteroatoms. The summed E-state index contributed by atoms with van der Waals surface area (Å²) >= 11 is 0. The molecule has 2 aromatic rings. The van der Waals surface area contributed by atoms with E-state index in [2.05, 4.69) is 26.2 Å². The van der Waals surface area contributed by atoms with Gasteiger partial charge in [0.25, 0.3) is 0 Å². The lowest BCUT2D eigenvalue weighted by Gasteiger charge is -2.43. The lowest BCUT2D eigenvalue weighted by Crippen LogP contribution is -2.55. The van der Waals surface area contributed by atoms with Crippen molar-refractivity contribution in [2.75, 3.05) is 26.2 Å². The van der Waals surface area contributed by atoms with E-state index < -0.39 is 11.9 Å². The van der Waals surface area contributed by atoms with Gasteiger partial charge in [-0.05, 0) is 30.5 Å². The number of hydrogen-bond acceptors (Lipinski definition) is 5. The average Bonchev–Trinajstić information content (AvgIpc) is 2.84. The molecule has 2 aliphatic rings. The van der Waals surface area contributed by atoms with Crippen LogP contribution in [0, 0.1) is 5.92 Å². The first kappa shape index (κ1) is 22.4. The molecular formula is C25H33N5O2. The molecule has 1 aromatic heterocycles. The summed E-state index contributed by atoms with van der Waals surface area (Å²) in [5.41, 5.74) is 7.45. The van der Waals surface area contributed by atoms with Crippen molar-refractivity contribution in [3.63, 3.8) is 0 Å². The number of amides is 2. The molecule has 1 saturated carbocycles. The van der Waals surface area contributed by atoms with Crippen LogP contribution in [0.4, 0.5) is 0 Å². The van der Waals surface area contributed by atoms with E-state index in [0.717, 1.165) is 69.7 Å². The smallest absolute Gasteiger partial charge is 0.244 e. The number of piperazine rings is 1. The van der Waals surface area contributed by atoms with E-state index in [1.807, 2.05) is 48.7 Å². The second-order valence-corrected chi connectivity index (χ2v) is 8.85. The summed E-state index contributed by atoms with van der Waals surface area (Å²) in [6, 6.07) is 14.7. The monoisotopic (exact) mass is 435 g/mol. The zero-order chi connectivity index (χ0) is 22.3. The van der Waals surface area contributed by atoms with Crippen LogP contribution in [0.5, 0.6) is 0 Å². The first-order valence-electron chi connectivity index (χ1n) is 11.6. The van der Waals surface area contributed by atoms with Gasteiger partial charge in [-0.1, -0.05) is 49.2 Å². The molecule has 1 aliphatic heterocycles. The molecule has 0 radical (unpaired) electrons. The second-order valence-electron chi connectivity index (χ2n) is 8.85. The number of benzene rings is 1. The summed E-state index contributed by atoms with van der Waals surface area (Å²) in [5.74, 6) is -0.699. The highest BCUT2D eigenvalue weighted by molar-refractivity contribution is 5.88. The zero-order valence-electron chi connectivity index (χ0n) is 18.5. The number of carbonyl (C=O) groups is 2. The Balaban J connectivity index is 1.37. The van der Waals surface area contributed by atoms with Crippen molar-refractivity contribution in [2.24, 2.45) is 11.7 Å². The number of primary amides is 1. The Hall–Kier alpha value is -2.77.